The molecule has 2 aromatic rings. The summed E-state index contributed by atoms with van der Waals surface area (Å²) in [7, 11) is 0. The van der Waals surface area contributed by atoms with Gasteiger partial charge in [-0.1, -0.05) is 6.07 Å². The summed E-state index contributed by atoms with van der Waals surface area (Å²) < 4.78 is 0. The van der Waals surface area contributed by atoms with Crippen molar-refractivity contribution in [3.05, 3.63) is 45.6 Å². The van der Waals surface area contributed by atoms with E-state index in [1.807, 2.05) is 6.92 Å². The molecule has 7 nitrogen and oxygen atoms in total. The lowest BCUT2D eigenvalue weighted by Gasteiger charge is -2.07. The van der Waals surface area contributed by atoms with E-state index in [2.05, 4.69) is 15.5 Å². The Morgan fingerprint density at radius 1 is 1.56 bits per heavy atom. The second-order valence-electron chi connectivity index (χ2n) is 3.94. The summed E-state index contributed by atoms with van der Waals surface area (Å²) in [5.41, 5.74) is 7.87. The third-order valence-corrected chi connectivity index (χ3v) is 2.57. The number of hydrogen-bond donors (Lipinski definition) is 3. The first-order valence-corrected chi connectivity index (χ1v) is 5.34. The first-order valence-electron chi connectivity index (χ1n) is 5.34. The number of aryl methyl sites for hydroxylation is 1. The number of nitro benzene ring substituents is 1. The molecule has 1 aromatic carbocycles. The number of anilines is 2. The standard InChI is InChI=1S/C11H13N5O2/c1-7-2-3-10(16(17)18)9(4-7)13-5-8-6-14-15-11(8)12/h2-4,6,13H,5H2,1H3,(H3,12,14,15). The lowest BCUT2D eigenvalue weighted by Crippen LogP contribution is -2.04. The van der Waals surface area contributed by atoms with Crippen molar-refractivity contribution >= 4 is 17.2 Å². The molecule has 0 atom stereocenters. The minimum atomic E-state index is -0.416. The van der Waals surface area contributed by atoms with Crippen LogP contribution in [-0.2, 0) is 6.54 Å². The molecule has 0 saturated heterocycles. The van der Waals surface area contributed by atoms with Gasteiger partial charge in [0.2, 0.25) is 0 Å². The fourth-order valence-corrected chi connectivity index (χ4v) is 1.60. The summed E-state index contributed by atoms with van der Waals surface area (Å²) in [5, 5.41) is 20.3. The van der Waals surface area contributed by atoms with Crippen LogP contribution >= 0.6 is 0 Å². The van der Waals surface area contributed by atoms with E-state index < -0.39 is 4.92 Å². The molecule has 0 spiro atoms. The Morgan fingerprint density at radius 3 is 2.94 bits per heavy atom. The van der Waals surface area contributed by atoms with Gasteiger partial charge in [-0.15, -0.1) is 0 Å². The average molecular weight is 247 g/mol. The van der Waals surface area contributed by atoms with Crippen LogP contribution in [0, 0.1) is 17.0 Å². The van der Waals surface area contributed by atoms with Crippen LogP contribution in [0.25, 0.3) is 0 Å². The number of nitrogen functional groups attached to an aromatic ring is 1. The molecular formula is C11H13N5O2. The second-order valence-corrected chi connectivity index (χ2v) is 3.94. The Kier molecular flexibility index (Phi) is 3.13. The van der Waals surface area contributed by atoms with Gasteiger partial charge < -0.3 is 11.1 Å². The number of hydrogen-bond acceptors (Lipinski definition) is 5. The van der Waals surface area contributed by atoms with Crippen molar-refractivity contribution in [2.24, 2.45) is 0 Å². The Labute approximate surface area is 103 Å². The van der Waals surface area contributed by atoms with Gasteiger partial charge >= 0.3 is 0 Å². The maximum absolute atomic E-state index is 10.9. The summed E-state index contributed by atoms with van der Waals surface area (Å²) >= 11 is 0. The summed E-state index contributed by atoms with van der Waals surface area (Å²) in [6.45, 7) is 2.26. The highest BCUT2D eigenvalue weighted by atomic mass is 16.6. The monoisotopic (exact) mass is 247 g/mol. The third kappa shape index (κ3) is 2.40. The Balaban J connectivity index is 2.20. The number of H-pyrrole nitrogens is 1. The van der Waals surface area contributed by atoms with Crippen molar-refractivity contribution in [1.29, 1.82) is 0 Å². The molecule has 18 heavy (non-hydrogen) atoms. The topological polar surface area (TPSA) is 110 Å². The molecule has 0 fully saturated rings. The zero-order chi connectivity index (χ0) is 13.1. The Morgan fingerprint density at radius 2 is 2.33 bits per heavy atom. The molecule has 0 aliphatic carbocycles. The summed E-state index contributed by atoms with van der Waals surface area (Å²) in [6, 6.07) is 4.92. The van der Waals surface area contributed by atoms with E-state index in [-0.39, 0.29) is 5.69 Å². The zero-order valence-corrected chi connectivity index (χ0v) is 9.80. The van der Waals surface area contributed by atoms with Crippen molar-refractivity contribution in [2.45, 2.75) is 13.5 Å². The fourth-order valence-electron chi connectivity index (χ4n) is 1.60. The molecule has 0 bridgehead atoms. The van der Waals surface area contributed by atoms with E-state index in [0.29, 0.717) is 18.1 Å². The largest absolute Gasteiger partial charge is 0.384 e. The number of rotatable bonds is 4. The smallest absolute Gasteiger partial charge is 0.292 e. The molecular weight excluding hydrogens is 234 g/mol. The third-order valence-electron chi connectivity index (χ3n) is 2.57. The highest BCUT2D eigenvalue weighted by molar-refractivity contribution is 5.63. The summed E-state index contributed by atoms with van der Waals surface area (Å²) in [5.74, 6) is 0.456. The summed E-state index contributed by atoms with van der Waals surface area (Å²) in [4.78, 5) is 10.5. The van der Waals surface area contributed by atoms with Gasteiger partial charge in [0.25, 0.3) is 5.69 Å². The number of nitrogens with zero attached hydrogens (tertiary/aromatic N) is 2. The van der Waals surface area contributed by atoms with Crippen molar-refractivity contribution in [2.75, 3.05) is 11.1 Å². The molecule has 0 radical (unpaired) electrons. The average Bonchev–Trinajstić information content (AvgIpc) is 2.72. The second kappa shape index (κ2) is 4.74. The molecule has 1 heterocycles. The molecule has 7 heteroatoms. The molecule has 0 aliphatic heterocycles. The van der Waals surface area contributed by atoms with Gasteiger partial charge in [-0.2, -0.15) is 5.10 Å². The molecule has 0 amide bonds. The lowest BCUT2D eigenvalue weighted by molar-refractivity contribution is -0.384. The number of nitrogens with two attached hydrogens (primary N) is 1. The minimum Gasteiger partial charge on any atom is -0.384 e. The van der Waals surface area contributed by atoms with Crippen LogP contribution in [0.3, 0.4) is 0 Å². The molecule has 0 aliphatic rings. The number of nitro groups is 1. The van der Waals surface area contributed by atoms with Crippen molar-refractivity contribution < 1.29 is 4.92 Å². The predicted octanol–water partition coefficient (Wildman–Crippen LogP) is 1.82. The van der Waals surface area contributed by atoms with Gasteiger partial charge in [0, 0.05) is 18.2 Å². The number of benzene rings is 1. The fraction of sp³-hybridized carbons (Fsp3) is 0.182. The van der Waals surface area contributed by atoms with Crippen molar-refractivity contribution in [3.63, 3.8) is 0 Å². The van der Waals surface area contributed by atoms with Crippen LogP contribution in [-0.4, -0.2) is 15.1 Å². The van der Waals surface area contributed by atoms with Gasteiger partial charge in [0.1, 0.15) is 11.5 Å². The number of aromatic nitrogens is 2. The molecule has 94 valence electrons. The molecule has 1 aromatic heterocycles. The van der Waals surface area contributed by atoms with Gasteiger partial charge in [-0.25, -0.2) is 0 Å². The highest BCUT2D eigenvalue weighted by Gasteiger charge is 2.13. The van der Waals surface area contributed by atoms with Gasteiger partial charge in [0.15, 0.2) is 0 Å². The maximum atomic E-state index is 10.9. The van der Waals surface area contributed by atoms with Crippen LogP contribution in [0.1, 0.15) is 11.1 Å². The quantitative estimate of drug-likeness (QED) is 0.563. The van der Waals surface area contributed by atoms with E-state index in [1.54, 1.807) is 18.3 Å². The van der Waals surface area contributed by atoms with E-state index in [4.69, 9.17) is 5.73 Å². The molecule has 0 unspecified atom stereocenters. The maximum Gasteiger partial charge on any atom is 0.292 e. The first kappa shape index (κ1) is 11.9. The van der Waals surface area contributed by atoms with Crippen LogP contribution in [0.5, 0.6) is 0 Å². The highest BCUT2D eigenvalue weighted by Crippen LogP contribution is 2.26. The molecule has 0 saturated carbocycles. The predicted molar refractivity (Wildman–Crippen MR) is 68.2 cm³/mol. The van der Waals surface area contributed by atoms with Gasteiger partial charge in [-0.3, -0.25) is 15.2 Å². The van der Waals surface area contributed by atoms with Crippen LogP contribution < -0.4 is 11.1 Å². The van der Waals surface area contributed by atoms with Crippen molar-refractivity contribution in [1.82, 2.24) is 10.2 Å². The minimum absolute atomic E-state index is 0.0441. The summed E-state index contributed by atoms with van der Waals surface area (Å²) in [6.07, 6.45) is 1.59. The van der Waals surface area contributed by atoms with E-state index in [1.165, 1.54) is 6.07 Å². The normalized spacial score (nSPS) is 10.3. The SMILES string of the molecule is Cc1ccc([N+](=O)[O-])c(NCc2cn[nH]c2N)c1. The lowest BCUT2D eigenvalue weighted by atomic mass is 10.2. The number of nitrogens with one attached hydrogen (secondary N) is 2. The molecule has 4 N–H and O–H groups in total. The molecule has 2 rings (SSSR count). The van der Waals surface area contributed by atoms with Crippen LogP contribution in [0.2, 0.25) is 0 Å². The van der Waals surface area contributed by atoms with E-state index >= 15 is 0 Å². The Hall–Kier alpha value is -2.57. The first-order chi connectivity index (χ1) is 8.58. The van der Waals surface area contributed by atoms with Gasteiger partial charge in [0.05, 0.1) is 11.1 Å². The number of aromatic amines is 1. The van der Waals surface area contributed by atoms with Crippen LogP contribution in [0.15, 0.2) is 24.4 Å². The van der Waals surface area contributed by atoms with E-state index in [9.17, 15) is 10.1 Å². The van der Waals surface area contributed by atoms with Gasteiger partial charge in [-0.05, 0) is 18.6 Å². The van der Waals surface area contributed by atoms with E-state index in [0.717, 1.165) is 11.1 Å². The van der Waals surface area contributed by atoms with Crippen molar-refractivity contribution in [3.8, 4) is 0 Å². The Bertz CT molecular complexity index is 579. The zero-order valence-electron chi connectivity index (χ0n) is 9.80. The van der Waals surface area contributed by atoms with Crippen LogP contribution in [0.4, 0.5) is 17.2 Å².